The largest absolute Gasteiger partial charge is 0.412 e. The molecule has 1 aliphatic rings. The van der Waals surface area contributed by atoms with E-state index in [0.717, 1.165) is 25.1 Å². The molecule has 2 rings (SSSR count). The Bertz CT molecular complexity index is 481. The van der Waals surface area contributed by atoms with Crippen molar-refractivity contribution in [1.82, 2.24) is 10.2 Å². The number of hydrogen-bond acceptors (Lipinski definition) is 2. The maximum atomic E-state index is 13.1. The van der Waals surface area contributed by atoms with E-state index in [-0.39, 0.29) is 12.0 Å². The van der Waals surface area contributed by atoms with Crippen molar-refractivity contribution in [2.75, 3.05) is 19.6 Å². The lowest BCUT2D eigenvalue weighted by atomic mass is 10.0. The minimum atomic E-state index is -4.50. The van der Waals surface area contributed by atoms with Crippen molar-refractivity contribution in [1.29, 1.82) is 0 Å². The van der Waals surface area contributed by atoms with Crippen LogP contribution in [0.5, 0.6) is 0 Å². The van der Waals surface area contributed by atoms with E-state index in [1.807, 2.05) is 4.90 Å². The summed E-state index contributed by atoms with van der Waals surface area (Å²) in [6.45, 7) is 4.17. The lowest BCUT2D eigenvalue weighted by Gasteiger charge is -2.30. The molecule has 1 atom stereocenters. The molecular weight excluding hydrogens is 281 g/mol. The molecule has 1 aromatic rings. The zero-order chi connectivity index (χ0) is 15.5. The number of rotatable bonds is 5. The smallest absolute Gasteiger partial charge is 0.341 e. The van der Waals surface area contributed by atoms with Gasteiger partial charge in [-0.05, 0) is 32.0 Å². The maximum absolute atomic E-state index is 13.1. The molecule has 1 N–H and O–H groups in total. The van der Waals surface area contributed by atoms with Crippen molar-refractivity contribution in [2.24, 2.45) is 0 Å². The average Bonchev–Trinajstić information content (AvgIpc) is 2.34. The van der Waals surface area contributed by atoms with E-state index in [1.165, 1.54) is 12.1 Å². The van der Waals surface area contributed by atoms with Crippen LogP contribution in [0.1, 0.15) is 30.0 Å². The number of carbonyl (C=O) groups is 1. The molecular formula is C15H19F3N2O. The Morgan fingerprint density at radius 2 is 1.90 bits per heavy atom. The van der Waals surface area contributed by atoms with Gasteiger partial charge < -0.3 is 10.2 Å². The minimum Gasteiger partial charge on any atom is -0.341 e. The Balaban J connectivity index is 1.99. The second-order valence-corrected chi connectivity index (χ2v) is 5.40. The highest BCUT2D eigenvalue weighted by atomic mass is 19.4. The van der Waals surface area contributed by atoms with Crippen molar-refractivity contribution < 1.29 is 18.0 Å². The summed E-state index contributed by atoms with van der Waals surface area (Å²) < 4.78 is 39.4. The van der Waals surface area contributed by atoms with E-state index in [1.54, 1.807) is 19.1 Å². The molecule has 1 aliphatic heterocycles. The van der Waals surface area contributed by atoms with Gasteiger partial charge in [-0.25, -0.2) is 0 Å². The van der Waals surface area contributed by atoms with Crippen LogP contribution in [-0.4, -0.2) is 36.6 Å². The molecule has 0 aromatic heterocycles. The average molecular weight is 300 g/mol. The molecule has 0 saturated carbocycles. The molecule has 0 unspecified atom stereocenters. The molecule has 3 nitrogen and oxygen atoms in total. The number of benzene rings is 1. The van der Waals surface area contributed by atoms with Gasteiger partial charge in [0.2, 0.25) is 5.91 Å². The van der Waals surface area contributed by atoms with Crippen LogP contribution >= 0.6 is 0 Å². The highest BCUT2D eigenvalue weighted by molar-refractivity contribution is 5.76. The normalized spacial score (nSPS) is 17.1. The highest BCUT2D eigenvalue weighted by Gasteiger charge is 2.41. The quantitative estimate of drug-likeness (QED) is 0.907. The van der Waals surface area contributed by atoms with Crippen LogP contribution in [0.25, 0.3) is 0 Å². The molecule has 1 fully saturated rings. The van der Waals surface area contributed by atoms with Gasteiger partial charge >= 0.3 is 6.18 Å². The number of carbonyl (C=O) groups excluding carboxylic acids is 1. The molecule has 1 saturated heterocycles. The molecule has 1 aromatic carbocycles. The summed E-state index contributed by atoms with van der Waals surface area (Å²) in [4.78, 5) is 13.8. The van der Waals surface area contributed by atoms with E-state index in [2.05, 4.69) is 5.32 Å². The first-order chi connectivity index (χ1) is 9.86. The number of halogens is 3. The van der Waals surface area contributed by atoms with E-state index in [0.29, 0.717) is 6.54 Å². The lowest BCUT2D eigenvalue weighted by Crippen LogP contribution is -2.42. The van der Waals surface area contributed by atoms with Gasteiger partial charge in [-0.15, -0.1) is 0 Å². The summed E-state index contributed by atoms with van der Waals surface area (Å²) in [6, 6.07) is 4.09. The van der Waals surface area contributed by atoms with Gasteiger partial charge in [0.1, 0.15) is 0 Å². The summed E-state index contributed by atoms with van der Waals surface area (Å²) >= 11 is 0. The number of amides is 1. The first kappa shape index (κ1) is 15.8. The SMILES string of the molecule is Cc1ccc([C@H](NC(=O)CCN2CCC2)C(F)(F)F)cc1. The Hall–Kier alpha value is -1.56. The van der Waals surface area contributed by atoms with E-state index in [4.69, 9.17) is 0 Å². The Labute approximate surface area is 122 Å². The van der Waals surface area contributed by atoms with Crippen LogP contribution in [0.15, 0.2) is 24.3 Å². The molecule has 0 radical (unpaired) electrons. The van der Waals surface area contributed by atoms with Gasteiger partial charge in [-0.1, -0.05) is 29.8 Å². The van der Waals surface area contributed by atoms with Crippen molar-refractivity contribution in [3.8, 4) is 0 Å². The van der Waals surface area contributed by atoms with Gasteiger partial charge in [0.05, 0.1) is 0 Å². The van der Waals surface area contributed by atoms with E-state index in [9.17, 15) is 18.0 Å². The third kappa shape index (κ3) is 4.46. The summed E-state index contributed by atoms with van der Waals surface area (Å²) in [5.41, 5.74) is 0.939. The molecule has 116 valence electrons. The van der Waals surface area contributed by atoms with Crippen molar-refractivity contribution >= 4 is 5.91 Å². The first-order valence-electron chi connectivity index (χ1n) is 7.01. The van der Waals surface area contributed by atoms with Crippen LogP contribution < -0.4 is 5.32 Å². The third-order valence-corrected chi connectivity index (χ3v) is 3.65. The van der Waals surface area contributed by atoms with Crippen LogP contribution in [0.2, 0.25) is 0 Å². The third-order valence-electron chi connectivity index (χ3n) is 3.65. The minimum absolute atomic E-state index is 0.0606. The second kappa shape index (κ2) is 6.47. The summed E-state index contributed by atoms with van der Waals surface area (Å²) in [5.74, 6) is -0.565. The maximum Gasteiger partial charge on any atom is 0.412 e. The van der Waals surface area contributed by atoms with Crippen LogP contribution in [0.3, 0.4) is 0 Å². The molecule has 0 spiro atoms. The molecule has 6 heteroatoms. The van der Waals surface area contributed by atoms with Crippen LogP contribution in [0, 0.1) is 6.92 Å². The molecule has 0 aliphatic carbocycles. The Morgan fingerprint density at radius 3 is 2.38 bits per heavy atom. The summed E-state index contributed by atoms with van der Waals surface area (Å²) in [7, 11) is 0. The van der Waals surface area contributed by atoms with Gasteiger partial charge in [-0.3, -0.25) is 4.79 Å². The van der Waals surface area contributed by atoms with Crippen LogP contribution in [0.4, 0.5) is 13.2 Å². The van der Waals surface area contributed by atoms with Gasteiger partial charge in [0, 0.05) is 13.0 Å². The molecule has 21 heavy (non-hydrogen) atoms. The second-order valence-electron chi connectivity index (χ2n) is 5.40. The monoisotopic (exact) mass is 300 g/mol. The molecule has 0 bridgehead atoms. The molecule has 1 heterocycles. The van der Waals surface area contributed by atoms with Gasteiger partial charge in [-0.2, -0.15) is 13.2 Å². The number of alkyl halides is 3. The predicted octanol–water partition coefficient (Wildman–Crippen LogP) is 2.81. The lowest BCUT2D eigenvalue weighted by molar-refractivity contribution is -0.163. The topological polar surface area (TPSA) is 32.3 Å². The fourth-order valence-corrected chi connectivity index (χ4v) is 2.21. The highest BCUT2D eigenvalue weighted by Crippen LogP contribution is 2.32. The van der Waals surface area contributed by atoms with Gasteiger partial charge in [0.25, 0.3) is 0 Å². The Kier molecular flexibility index (Phi) is 4.88. The zero-order valence-electron chi connectivity index (χ0n) is 11.9. The van der Waals surface area contributed by atoms with Crippen molar-refractivity contribution in [3.63, 3.8) is 0 Å². The molecule has 1 amide bonds. The number of aryl methyl sites for hydroxylation is 1. The van der Waals surface area contributed by atoms with Crippen molar-refractivity contribution in [2.45, 2.75) is 32.0 Å². The summed E-state index contributed by atoms with van der Waals surface area (Å²) in [6.07, 6.45) is -3.31. The van der Waals surface area contributed by atoms with Crippen molar-refractivity contribution in [3.05, 3.63) is 35.4 Å². The number of hydrogen-bond donors (Lipinski definition) is 1. The number of nitrogens with one attached hydrogen (secondary N) is 1. The van der Waals surface area contributed by atoms with E-state index >= 15 is 0 Å². The predicted molar refractivity (Wildman–Crippen MR) is 73.8 cm³/mol. The standard InChI is InChI=1S/C15H19F3N2O/c1-11-3-5-12(6-4-11)14(15(16,17)18)19-13(21)7-10-20-8-2-9-20/h3-6,14H,2,7-10H2,1H3,(H,19,21)/t14-/m0/s1. The first-order valence-corrected chi connectivity index (χ1v) is 7.01. The van der Waals surface area contributed by atoms with Gasteiger partial charge in [0.15, 0.2) is 6.04 Å². The summed E-state index contributed by atoms with van der Waals surface area (Å²) in [5, 5.41) is 2.11. The zero-order valence-corrected chi connectivity index (χ0v) is 11.9. The Morgan fingerprint density at radius 1 is 1.29 bits per heavy atom. The fraction of sp³-hybridized carbons (Fsp3) is 0.533. The van der Waals surface area contributed by atoms with E-state index < -0.39 is 18.1 Å². The number of nitrogens with zero attached hydrogens (tertiary/aromatic N) is 1. The fourth-order valence-electron chi connectivity index (χ4n) is 2.21. The van der Waals surface area contributed by atoms with Crippen LogP contribution in [-0.2, 0) is 4.79 Å². The number of likely N-dealkylation sites (tertiary alicyclic amines) is 1.